The van der Waals surface area contributed by atoms with Gasteiger partial charge in [-0.15, -0.1) is 10.2 Å². The van der Waals surface area contributed by atoms with Gasteiger partial charge in [0.05, 0.1) is 17.7 Å². The van der Waals surface area contributed by atoms with Crippen LogP contribution in [0.1, 0.15) is 5.56 Å². The molecule has 1 atom stereocenters. The molecule has 0 radical (unpaired) electrons. The van der Waals surface area contributed by atoms with Gasteiger partial charge in [0.1, 0.15) is 18.7 Å². The number of rotatable bonds is 6. The fourth-order valence-corrected chi connectivity index (χ4v) is 2.23. The van der Waals surface area contributed by atoms with Crippen LogP contribution in [0, 0.1) is 11.3 Å². The van der Waals surface area contributed by atoms with Crippen molar-refractivity contribution in [1.82, 2.24) is 14.8 Å². The van der Waals surface area contributed by atoms with Gasteiger partial charge in [-0.05, 0) is 24.3 Å². The van der Waals surface area contributed by atoms with Gasteiger partial charge in [-0.1, -0.05) is 11.8 Å². The summed E-state index contributed by atoms with van der Waals surface area (Å²) >= 11 is 1.42. The van der Waals surface area contributed by atoms with Crippen molar-refractivity contribution in [3.05, 3.63) is 36.2 Å². The highest BCUT2D eigenvalue weighted by Crippen LogP contribution is 2.16. The van der Waals surface area contributed by atoms with Crippen LogP contribution in [-0.4, -0.2) is 38.3 Å². The van der Waals surface area contributed by atoms with E-state index in [1.54, 1.807) is 35.2 Å². The third-order valence-corrected chi connectivity index (χ3v) is 3.68. The maximum Gasteiger partial charge on any atom is 0.190 e. The number of nitrogens with zero attached hydrogens (tertiary/aromatic N) is 4. The summed E-state index contributed by atoms with van der Waals surface area (Å²) in [7, 11) is 1.85. The van der Waals surface area contributed by atoms with Crippen molar-refractivity contribution in [2.45, 2.75) is 11.3 Å². The Kier molecular flexibility index (Phi) is 4.98. The number of aliphatic hydroxyl groups is 1. The predicted octanol–water partition coefficient (Wildman–Crippen LogP) is 1.22. The number of aliphatic hydroxyl groups excluding tert-OH is 1. The Morgan fingerprint density at radius 3 is 2.80 bits per heavy atom. The summed E-state index contributed by atoms with van der Waals surface area (Å²) in [4.78, 5) is 0. The van der Waals surface area contributed by atoms with Crippen LogP contribution in [0.5, 0.6) is 5.75 Å². The molecule has 0 aliphatic rings. The summed E-state index contributed by atoms with van der Waals surface area (Å²) in [6, 6.07) is 8.81. The Bertz CT molecular complexity index is 591. The van der Waals surface area contributed by atoms with E-state index in [4.69, 9.17) is 10.00 Å². The van der Waals surface area contributed by atoms with Gasteiger partial charge < -0.3 is 14.4 Å². The molecule has 1 aromatic heterocycles. The first kappa shape index (κ1) is 14.4. The fraction of sp³-hybridized carbons (Fsp3) is 0.308. The Hall–Kier alpha value is -2.04. The number of nitriles is 1. The number of hydrogen-bond donors (Lipinski definition) is 1. The minimum Gasteiger partial charge on any atom is -0.491 e. The molecule has 0 fully saturated rings. The van der Waals surface area contributed by atoms with Crippen molar-refractivity contribution in [3.63, 3.8) is 0 Å². The molecule has 0 spiro atoms. The highest BCUT2D eigenvalue weighted by Gasteiger charge is 2.09. The molecule has 1 unspecified atom stereocenters. The van der Waals surface area contributed by atoms with E-state index in [1.165, 1.54) is 11.8 Å². The van der Waals surface area contributed by atoms with Gasteiger partial charge in [0.15, 0.2) is 5.16 Å². The molecule has 0 saturated heterocycles. The van der Waals surface area contributed by atoms with E-state index >= 15 is 0 Å². The third-order valence-electron chi connectivity index (χ3n) is 2.50. The molecule has 0 amide bonds. The van der Waals surface area contributed by atoms with Crippen molar-refractivity contribution < 1.29 is 9.84 Å². The highest BCUT2D eigenvalue weighted by molar-refractivity contribution is 7.99. The fourth-order valence-electron chi connectivity index (χ4n) is 1.44. The Morgan fingerprint density at radius 1 is 1.45 bits per heavy atom. The molecule has 0 aliphatic heterocycles. The summed E-state index contributed by atoms with van der Waals surface area (Å²) < 4.78 is 7.24. The smallest absolute Gasteiger partial charge is 0.190 e. The topological polar surface area (TPSA) is 84.0 Å². The normalized spacial score (nSPS) is 11.8. The average molecular weight is 290 g/mol. The molecule has 104 valence electrons. The number of benzene rings is 1. The van der Waals surface area contributed by atoms with Crippen LogP contribution in [-0.2, 0) is 7.05 Å². The zero-order valence-electron chi connectivity index (χ0n) is 10.9. The second-order valence-corrected chi connectivity index (χ2v) is 5.12. The zero-order chi connectivity index (χ0) is 14.4. The molecule has 7 heteroatoms. The van der Waals surface area contributed by atoms with Crippen LogP contribution in [0.25, 0.3) is 0 Å². The first-order valence-corrected chi connectivity index (χ1v) is 6.95. The van der Waals surface area contributed by atoms with Gasteiger partial charge in [-0.2, -0.15) is 5.26 Å². The Balaban J connectivity index is 1.76. The second kappa shape index (κ2) is 6.93. The number of aromatic nitrogens is 3. The minimum atomic E-state index is -0.604. The van der Waals surface area contributed by atoms with E-state index in [2.05, 4.69) is 10.2 Å². The second-order valence-electron chi connectivity index (χ2n) is 4.14. The van der Waals surface area contributed by atoms with Crippen LogP contribution in [0.3, 0.4) is 0 Å². The van der Waals surface area contributed by atoms with Crippen molar-refractivity contribution >= 4 is 11.8 Å². The molecular formula is C13H14N4O2S. The van der Waals surface area contributed by atoms with Crippen molar-refractivity contribution in [2.24, 2.45) is 7.05 Å². The lowest BCUT2D eigenvalue weighted by Crippen LogP contribution is -2.20. The Morgan fingerprint density at radius 2 is 2.20 bits per heavy atom. The van der Waals surface area contributed by atoms with Crippen LogP contribution >= 0.6 is 11.8 Å². The van der Waals surface area contributed by atoms with E-state index < -0.39 is 6.10 Å². The van der Waals surface area contributed by atoms with Crippen LogP contribution in [0.15, 0.2) is 35.7 Å². The van der Waals surface area contributed by atoms with E-state index in [0.717, 1.165) is 5.16 Å². The zero-order valence-corrected chi connectivity index (χ0v) is 11.7. The molecule has 2 aromatic rings. The first-order chi connectivity index (χ1) is 9.69. The lowest BCUT2D eigenvalue weighted by molar-refractivity contribution is 0.126. The predicted molar refractivity (Wildman–Crippen MR) is 74.4 cm³/mol. The number of aryl methyl sites for hydroxylation is 1. The summed E-state index contributed by atoms with van der Waals surface area (Å²) in [5, 5.41) is 27.0. The summed E-state index contributed by atoms with van der Waals surface area (Å²) in [5.41, 5.74) is 0.579. The highest BCUT2D eigenvalue weighted by atomic mass is 32.2. The molecule has 1 heterocycles. The molecule has 0 bridgehead atoms. The molecule has 0 saturated carbocycles. The first-order valence-electron chi connectivity index (χ1n) is 5.97. The monoisotopic (exact) mass is 290 g/mol. The van der Waals surface area contributed by atoms with E-state index in [1.807, 2.05) is 13.1 Å². The molecular weight excluding hydrogens is 276 g/mol. The SMILES string of the molecule is Cn1cnnc1SCC(O)COc1ccc(C#N)cc1. The van der Waals surface area contributed by atoms with Crippen molar-refractivity contribution in [1.29, 1.82) is 5.26 Å². The van der Waals surface area contributed by atoms with Gasteiger partial charge in [0.25, 0.3) is 0 Å². The Labute approximate surface area is 121 Å². The largest absolute Gasteiger partial charge is 0.491 e. The summed E-state index contributed by atoms with van der Waals surface area (Å²) in [5.74, 6) is 1.11. The lowest BCUT2D eigenvalue weighted by atomic mass is 10.2. The van der Waals surface area contributed by atoms with Crippen LogP contribution in [0.4, 0.5) is 0 Å². The van der Waals surface area contributed by atoms with Gasteiger partial charge in [-0.25, -0.2) is 0 Å². The van der Waals surface area contributed by atoms with E-state index in [9.17, 15) is 5.11 Å². The summed E-state index contributed by atoms with van der Waals surface area (Å²) in [6.07, 6.45) is 1.01. The number of hydrogen-bond acceptors (Lipinski definition) is 6. The molecule has 0 aliphatic carbocycles. The van der Waals surface area contributed by atoms with Crippen molar-refractivity contribution in [2.75, 3.05) is 12.4 Å². The molecule has 1 N–H and O–H groups in total. The number of thioether (sulfide) groups is 1. The molecule has 2 rings (SSSR count). The molecule has 20 heavy (non-hydrogen) atoms. The quantitative estimate of drug-likeness (QED) is 0.805. The average Bonchev–Trinajstić information content (AvgIpc) is 2.89. The van der Waals surface area contributed by atoms with Crippen molar-refractivity contribution in [3.8, 4) is 11.8 Å². The van der Waals surface area contributed by atoms with Gasteiger partial charge >= 0.3 is 0 Å². The molecule has 1 aromatic carbocycles. The van der Waals surface area contributed by atoms with Gasteiger partial charge in [0, 0.05) is 12.8 Å². The summed E-state index contributed by atoms with van der Waals surface area (Å²) in [6.45, 7) is 0.191. The van der Waals surface area contributed by atoms with E-state index in [-0.39, 0.29) is 6.61 Å². The van der Waals surface area contributed by atoms with Crippen LogP contribution in [0.2, 0.25) is 0 Å². The van der Waals surface area contributed by atoms with E-state index in [0.29, 0.717) is 17.1 Å². The maximum atomic E-state index is 9.85. The lowest BCUT2D eigenvalue weighted by Gasteiger charge is -2.11. The molecule has 6 nitrogen and oxygen atoms in total. The maximum absolute atomic E-state index is 9.85. The van der Waals surface area contributed by atoms with Gasteiger partial charge in [0.2, 0.25) is 0 Å². The van der Waals surface area contributed by atoms with Gasteiger partial charge in [-0.3, -0.25) is 0 Å². The van der Waals surface area contributed by atoms with Crippen LogP contribution < -0.4 is 4.74 Å². The minimum absolute atomic E-state index is 0.191. The standard InChI is InChI=1S/C13H14N4O2S/c1-17-9-15-16-13(17)20-8-11(18)7-19-12-4-2-10(6-14)3-5-12/h2-5,9,11,18H,7-8H2,1H3. The third kappa shape index (κ3) is 3.98. The number of ether oxygens (including phenoxy) is 1.